The Morgan fingerprint density at radius 1 is 1.00 bits per heavy atom. The summed E-state index contributed by atoms with van der Waals surface area (Å²) in [7, 11) is 3.48. The lowest BCUT2D eigenvalue weighted by Crippen LogP contribution is -2.36. The minimum atomic E-state index is 0.0754. The maximum atomic E-state index is 12.4. The largest absolute Gasteiger partial charge is 0.497 e. The Kier molecular flexibility index (Phi) is 7.22. The molecule has 2 aromatic carbocycles. The molecule has 2 rings (SSSR count). The molecule has 1 unspecified atom stereocenters. The molecular weight excluding hydrogens is 324 g/mol. The van der Waals surface area contributed by atoms with Crippen LogP contribution in [0.1, 0.15) is 49.4 Å². The Balaban J connectivity index is 1.84. The van der Waals surface area contributed by atoms with Crippen molar-refractivity contribution in [1.29, 1.82) is 0 Å². The maximum Gasteiger partial charge on any atom is 0.236 e. The Hall–Kier alpha value is -2.33. The van der Waals surface area contributed by atoms with Crippen LogP contribution in [0.3, 0.4) is 0 Å². The summed E-state index contributed by atoms with van der Waals surface area (Å²) < 4.78 is 5.16. The number of rotatable bonds is 8. The van der Waals surface area contributed by atoms with Gasteiger partial charge in [-0.25, -0.2) is 0 Å². The number of methoxy groups -OCH3 is 1. The van der Waals surface area contributed by atoms with Crippen molar-refractivity contribution >= 4 is 5.91 Å². The summed E-state index contributed by atoms with van der Waals surface area (Å²) in [5.74, 6) is 1.42. The molecule has 0 radical (unpaired) electrons. The van der Waals surface area contributed by atoms with Crippen molar-refractivity contribution in [2.45, 2.75) is 39.3 Å². The highest BCUT2D eigenvalue weighted by molar-refractivity contribution is 5.78. The van der Waals surface area contributed by atoms with Crippen LogP contribution in [0.25, 0.3) is 0 Å². The number of hydrogen-bond acceptors (Lipinski definition) is 3. The molecule has 0 spiro atoms. The molecule has 4 nitrogen and oxygen atoms in total. The zero-order valence-corrected chi connectivity index (χ0v) is 16.5. The number of ether oxygens (including phenoxy) is 1. The summed E-state index contributed by atoms with van der Waals surface area (Å²) in [6, 6.07) is 16.5. The third kappa shape index (κ3) is 5.60. The molecule has 1 N–H and O–H groups in total. The Bertz CT molecular complexity index is 693. The van der Waals surface area contributed by atoms with Crippen LogP contribution in [0, 0.1) is 0 Å². The van der Waals surface area contributed by atoms with Crippen molar-refractivity contribution in [3.05, 3.63) is 65.2 Å². The fourth-order valence-electron chi connectivity index (χ4n) is 2.76. The van der Waals surface area contributed by atoms with Crippen molar-refractivity contribution < 1.29 is 9.53 Å². The van der Waals surface area contributed by atoms with Gasteiger partial charge in [0.05, 0.1) is 13.7 Å². The second-order valence-electron chi connectivity index (χ2n) is 7.02. The van der Waals surface area contributed by atoms with Crippen molar-refractivity contribution in [2.75, 3.05) is 20.7 Å². The van der Waals surface area contributed by atoms with Crippen LogP contribution < -0.4 is 10.1 Å². The number of amides is 1. The van der Waals surface area contributed by atoms with Crippen LogP contribution in [0.2, 0.25) is 0 Å². The highest BCUT2D eigenvalue weighted by Gasteiger charge is 2.12. The van der Waals surface area contributed by atoms with E-state index in [9.17, 15) is 4.79 Å². The fourth-order valence-corrected chi connectivity index (χ4v) is 2.76. The van der Waals surface area contributed by atoms with E-state index in [1.807, 2.05) is 31.3 Å². The average molecular weight is 354 g/mol. The van der Waals surface area contributed by atoms with Gasteiger partial charge in [-0.2, -0.15) is 0 Å². The predicted octanol–water partition coefficient (Wildman–Crippen LogP) is 4.13. The number of carbonyl (C=O) groups is 1. The molecule has 0 fully saturated rings. The van der Waals surface area contributed by atoms with Crippen molar-refractivity contribution in [2.24, 2.45) is 0 Å². The molecule has 0 bridgehead atoms. The van der Waals surface area contributed by atoms with E-state index in [1.54, 1.807) is 12.0 Å². The van der Waals surface area contributed by atoms with Gasteiger partial charge in [-0.15, -0.1) is 0 Å². The smallest absolute Gasteiger partial charge is 0.236 e. The van der Waals surface area contributed by atoms with Gasteiger partial charge in [0, 0.05) is 19.6 Å². The highest BCUT2D eigenvalue weighted by atomic mass is 16.5. The first-order valence-electron chi connectivity index (χ1n) is 9.11. The third-order valence-electron chi connectivity index (χ3n) is 4.67. The predicted molar refractivity (Wildman–Crippen MR) is 106 cm³/mol. The van der Waals surface area contributed by atoms with Crippen molar-refractivity contribution in [3.63, 3.8) is 0 Å². The first kappa shape index (κ1) is 20.0. The topological polar surface area (TPSA) is 41.6 Å². The number of nitrogens with zero attached hydrogens (tertiary/aromatic N) is 1. The lowest BCUT2D eigenvalue weighted by molar-refractivity contribution is -0.129. The normalized spacial score (nSPS) is 12.1. The summed E-state index contributed by atoms with van der Waals surface area (Å²) in [4.78, 5) is 14.1. The van der Waals surface area contributed by atoms with E-state index < -0.39 is 0 Å². The minimum absolute atomic E-state index is 0.0754. The zero-order valence-electron chi connectivity index (χ0n) is 16.5. The van der Waals surface area contributed by atoms with Gasteiger partial charge in [0.1, 0.15) is 5.75 Å². The molecule has 2 aromatic rings. The molecule has 26 heavy (non-hydrogen) atoms. The standard InChI is InChI=1S/C22H30N2O2/c1-16(2)19-8-10-20(11-9-19)17(3)23-14-22(25)24(4)15-18-6-12-21(26-5)13-7-18/h6-13,16-17,23H,14-15H2,1-5H3. The number of carbonyl (C=O) groups excluding carboxylic acids is 1. The quantitative estimate of drug-likeness (QED) is 0.775. The second kappa shape index (κ2) is 9.39. The van der Waals surface area contributed by atoms with Crippen LogP contribution in [0.4, 0.5) is 0 Å². The van der Waals surface area contributed by atoms with E-state index in [2.05, 4.69) is 50.4 Å². The van der Waals surface area contributed by atoms with Crippen LogP contribution in [0.5, 0.6) is 5.75 Å². The number of benzene rings is 2. The first-order valence-corrected chi connectivity index (χ1v) is 9.11. The van der Waals surface area contributed by atoms with Crippen LogP contribution in [-0.2, 0) is 11.3 Å². The molecule has 4 heteroatoms. The van der Waals surface area contributed by atoms with Crippen LogP contribution >= 0.6 is 0 Å². The van der Waals surface area contributed by atoms with E-state index in [1.165, 1.54) is 11.1 Å². The van der Waals surface area contributed by atoms with Gasteiger partial charge in [-0.05, 0) is 41.7 Å². The first-order chi connectivity index (χ1) is 12.4. The summed E-state index contributed by atoms with van der Waals surface area (Å²) in [6.07, 6.45) is 0. The van der Waals surface area contributed by atoms with Gasteiger partial charge >= 0.3 is 0 Å². The van der Waals surface area contributed by atoms with Gasteiger partial charge < -0.3 is 15.0 Å². The van der Waals surface area contributed by atoms with E-state index in [4.69, 9.17) is 4.74 Å². The van der Waals surface area contributed by atoms with E-state index in [-0.39, 0.29) is 11.9 Å². The molecule has 0 aliphatic heterocycles. The molecule has 0 saturated heterocycles. The number of likely N-dealkylation sites (N-methyl/N-ethyl adjacent to an activating group) is 1. The van der Waals surface area contributed by atoms with Gasteiger partial charge in [0.25, 0.3) is 0 Å². The molecule has 0 aliphatic carbocycles. The van der Waals surface area contributed by atoms with Crippen molar-refractivity contribution in [1.82, 2.24) is 10.2 Å². The van der Waals surface area contributed by atoms with Gasteiger partial charge in [-0.1, -0.05) is 50.2 Å². The second-order valence-corrected chi connectivity index (χ2v) is 7.02. The van der Waals surface area contributed by atoms with E-state index in [0.717, 1.165) is 11.3 Å². The lowest BCUT2D eigenvalue weighted by Gasteiger charge is -2.20. The maximum absolute atomic E-state index is 12.4. The molecule has 0 aromatic heterocycles. The highest BCUT2D eigenvalue weighted by Crippen LogP contribution is 2.18. The number of hydrogen-bond donors (Lipinski definition) is 1. The molecule has 0 aliphatic rings. The monoisotopic (exact) mass is 354 g/mol. The Morgan fingerprint density at radius 2 is 1.58 bits per heavy atom. The molecule has 1 amide bonds. The van der Waals surface area contributed by atoms with Gasteiger partial charge in [-0.3, -0.25) is 4.79 Å². The van der Waals surface area contributed by atoms with E-state index >= 15 is 0 Å². The molecule has 1 atom stereocenters. The zero-order chi connectivity index (χ0) is 19.1. The van der Waals surface area contributed by atoms with Gasteiger partial charge in [0.2, 0.25) is 5.91 Å². The van der Waals surface area contributed by atoms with Crippen molar-refractivity contribution in [3.8, 4) is 5.75 Å². The summed E-state index contributed by atoms with van der Waals surface area (Å²) in [5, 5.41) is 3.32. The molecular formula is C22H30N2O2. The van der Waals surface area contributed by atoms with Crippen LogP contribution in [0.15, 0.2) is 48.5 Å². The third-order valence-corrected chi connectivity index (χ3v) is 4.67. The molecule has 0 heterocycles. The fraction of sp³-hybridized carbons (Fsp3) is 0.409. The number of nitrogens with one attached hydrogen (secondary N) is 1. The Morgan fingerprint density at radius 3 is 2.12 bits per heavy atom. The summed E-state index contributed by atoms with van der Waals surface area (Å²) in [6.45, 7) is 7.37. The lowest BCUT2D eigenvalue weighted by atomic mass is 9.99. The SMILES string of the molecule is COc1ccc(CN(C)C(=O)CNC(C)c2ccc(C(C)C)cc2)cc1. The minimum Gasteiger partial charge on any atom is -0.497 e. The summed E-state index contributed by atoms with van der Waals surface area (Å²) >= 11 is 0. The molecule has 0 saturated carbocycles. The average Bonchev–Trinajstić information content (AvgIpc) is 2.66. The van der Waals surface area contributed by atoms with E-state index in [0.29, 0.717) is 19.0 Å². The molecule has 140 valence electrons. The summed E-state index contributed by atoms with van der Waals surface area (Å²) in [5.41, 5.74) is 3.61. The van der Waals surface area contributed by atoms with Crippen LogP contribution in [-0.4, -0.2) is 31.5 Å². The Labute approximate surface area is 157 Å². The van der Waals surface area contributed by atoms with Gasteiger partial charge in [0.15, 0.2) is 0 Å².